The molecule has 0 aromatic carbocycles. The lowest BCUT2D eigenvalue weighted by molar-refractivity contribution is 0.0697. The van der Waals surface area contributed by atoms with E-state index in [1.807, 2.05) is 4.68 Å². The van der Waals surface area contributed by atoms with Gasteiger partial charge in [-0.05, 0) is 12.8 Å². The number of hydrogen-bond donors (Lipinski definition) is 1. The Morgan fingerprint density at radius 2 is 2.25 bits per heavy atom. The number of aromatic carboxylic acids is 1. The highest BCUT2D eigenvalue weighted by Crippen LogP contribution is 2.37. The van der Waals surface area contributed by atoms with Gasteiger partial charge >= 0.3 is 5.97 Å². The SMILES string of the molecule is O=C(O)c1cnc2c(cnn2C2CC2)c1Cl. The molecule has 3 rings (SSSR count). The summed E-state index contributed by atoms with van der Waals surface area (Å²) in [6.45, 7) is 0. The van der Waals surface area contributed by atoms with E-state index >= 15 is 0 Å². The molecule has 2 aromatic heterocycles. The van der Waals surface area contributed by atoms with Gasteiger partial charge < -0.3 is 5.11 Å². The van der Waals surface area contributed by atoms with E-state index in [2.05, 4.69) is 10.1 Å². The fourth-order valence-electron chi connectivity index (χ4n) is 1.70. The molecule has 1 aliphatic carbocycles. The number of aromatic nitrogens is 3. The monoisotopic (exact) mass is 237 g/mol. The molecule has 0 saturated heterocycles. The van der Waals surface area contributed by atoms with Crippen LogP contribution in [0.5, 0.6) is 0 Å². The molecule has 0 amide bonds. The molecule has 0 spiro atoms. The first kappa shape index (κ1) is 9.59. The van der Waals surface area contributed by atoms with Crippen molar-refractivity contribution in [3.8, 4) is 0 Å². The zero-order valence-corrected chi connectivity index (χ0v) is 8.98. The minimum absolute atomic E-state index is 0.0181. The average molecular weight is 238 g/mol. The van der Waals surface area contributed by atoms with Gasteiger partial charge in [0.05, 0.1) is 28.2 Å². The predicted octanol–water partition coefficient (Wildman–Crippen LogP) is 2.12. The zero-order valence-electron chi connectivity index (χ0n) is 8.22. The first-order valence-electron chi connectivity index (χ1n) is 4.93. The van der Waals surface area contributed by atoms with E-state index in [-0.39, 0.29) is 10.6 Å². The van der Waals surface area contributed by atoms with Gasteiger partial charge in [-0.15, -0.1) is 0 Å². The molecule has 1 N–H and O–H groups in total. The normalized spacial score (nSPS) is 15.6. The largest absolute Gasteiger partial charge is 0.478 e. The first-order valence-corrected chi connectivity index (χ1v) is 5.31. The van der Waals surface area contributed by atoms with Crippen molar-refractivity contribution in [1.82, 2.24) is 14.8 Å². The predicted molar refractivity (Wildman–Crippen MR) is 57.8 cm³/mol. The first-order chi connectivity index (χ1) is 7.68. The Morgan fingerprint density at radius 1 is 1.50 bits per heavy atom. The van der Waals surface area contributed by atoms with E-state index in [0.717, 1.165) is 12.8 Å². The highest BCUT2D eigenvalue weighted by Gasteiger charge is 2.27. The van der Waals surface area contributed by atoms with Gasteiger partial charge in [-0.25, -0.2) is 14.5 Å². The number of pyridine rings is 1. The Balaban J connectivity index is 2.25. The van der Waals surface area contributed by atoms with E-state index in [1.165, 1.54) is 6.20 Å². The molecular weight excluding hydrogens is 230 g/mol. The number of carbonyl (C=O) groups is 1. The highest BCUT2D eigenvalue weighted by atomic mass is 35.5. The number of carboxylic acids is 1. The smallest absolute Gasteiger partial charge is 0.338 e. The van der Waals surface area contributed by atoms with Crippen LogP contribution in [0.3, 0.4) is 0 Å². The zero-order chi connectivity index (χ0) is 11.3. The average Bonchev–Trinajstić information content (AvgIpc) is 2.99. The summed E-state index contributed by atoms with van der Waals surface area (Å²) in [6, 6.07) is 0.400. The molecule has 0 aliphatic heterocycles. The number of nitrogens with zero attached hydrogens (tertiary/aromatic N) is 3. The molecule has 82 valence electrons. The number of halogens is 1. The van der Waals surface area contributed by atoms with Crippen molar-refractivity contribution in [2.75, 3.05) is 0 Å². The Kier molecular flexibility index (Phi) is 1.91. The van der Waals surface area contributed by atoms with E-state index in [0.29, 0.717) is 17.1 Å². The molecule has 1 saturated carbocycles. The number of carboxylic acid groups (broad SMARTS) is 1. The molecule has 1 fully saturated rings. The van der Waals surface area contributed by atoms with Crippen LogP contribution in [-0.4, -0.2) is 25.8 Å². The highest BCUT2D eigenvalue weighted by molar-refractivity contribution is 6.37. The molecule has 0 radical (unpaired) electrons. The van der Waals surface area contributed by atoms with Crippen molar-refractivity contribution in [1.29, 1.82) is 0 Å². The molecule has 0 atom stereocenters. The van der Waals surface area contributed by atoms with Gasteiger partial charge in [-0.3, -0.25) is 0 Å². The molecule has 5 nitrogen and oxygen atoms in total. The third-order valence-corrected chi connectivity index (χ3v) is 3.09. The summed E-state index contributed by atoms with van der Waals surface area (Å²) in [4.78, 5) is 15.0. The van der Waals surface area contributed by atoms with Crippen LogP contribution < -0.4 is 0 Å². The second-order valence-corrected chi connectivity index (χ2v) is 4.23. The van der Waals surface area contributed by atoms with E-state index in [9.17, 15) is 4.79 Å². The van der Waals surface area contributed by atoms with Crippen molar-refractivity contribution in [2.45, 2.75) is 18.9 Å². The summed E-state index contributed by atoms with van der Waals surface area (Å²) >= 11 is 6.00. The third-order valence-electron chi connectivity index (χ3n) is 2.68. The van der Waals surface area contributed by atoms with Crippen LogP contribution in [0.4, 0.5) is 0 Å². The van der Waals surface area contributed by atoms with Gasteiger partial charge in [0, 0.05) is 6.20 Å². The Bertz CT molecular complexity index is 589. The van der Waals surface area contributed by atoms with Crippen molar-refractivity contribution in [2.24, 2.45) is 0 Å². The molecule has 16 heavy (non-hydrogen) atoms. The van der Waals surface area contributed by atoms with Gasteiger partial charge in [-0.2, -0.15) is 5.10 Å². The lowest BCUT2D eigenvalue weighted by atomic mass is 10.2. The van der Waals surface area contributed by atoms with Gasteiger partial charge in [0.25, 0.3) is 0 Å². The van der Waals surface area contributed by atoms with Crippen LogP contribution in [0.15, 0.2) is 12.4 Å². The summed E-state index contributed by atoms with van der Waals surface area (Å²) in [6.07, 6.45) is 5.05. The van der Waals surface area contributed by atoms with Gasteiger partial charge in [-0.1, -0.05) is 11.6 Å². The van der Waals surface area contributed by atoms with Crippen LogP contribution in [-0.2, 0) is 0 Å². The number of hydrogen-bond acceptors (Lipinski definition) is 3. The summed E-state index contributed by atoms with van der Waals surface area (Å²) in [5, 5.41) is 13.9. The standard InChI is InChI=1S/C10H8ClN3O2/c11-8-6-4-13-14(5-1-2-5)9(6)12-3-7(8)10(15)16/h3-5H,1-2H2,(H,15,16). The van der Waals surface area contributed by atoms with Gasteiger partial charge in [0.15, 0.2) is 5.65 Å². The molecule has 0 bridgehead atoms. The fourth-order valence-corrected chi connectivity index (χ4v) is 1.97. The lowest BCUT2D eigenvalue weighted by Gasteiger charge is -2.01. The summed E-state index contributed by atoms with van der Waals surface area (Å²) in [7, 11) is 0. The maximum absolute atomic E-state index is 10.9. The minimum Gasteiger partial charge on any atom is -0.478 e. The maximum Gasteiger partial charge on any atom is 0.338 e. The molecular formula is C10H8ClN3O2. The number of fused-ring (bicyclic) bond motifs is 1. The topological polar surface area (TPSA) is 68.0 Å². The summed E-state index contributed by atoms with van der Waals surface area (Å²) < 4.78 is 1.81. The molecule has 6 heteroatoms. The Labute approximate surface area is 95.7 Å². The van der Waals surface area contributed by atoms with Crippen LogP contribution in [0.25, 0.3) is 11.0 Å². The quantitative estimate of drug-likeness (QED) is 0.869. The van der Waals surface area contributed by atoms with Crippen molar-refractivity contribution >= 4 is 28.6 Å². The second-order valence-electron chi connectivity index (χ2n) is 3.85. The van der Waals surface area contributed by atoms with Crippen LogP contribution in [0.2, 0.25) is 5.02 Å². The van der Waals surface area contributed by atoms with E-state index in [4.69, 9.17) is 16.7 Å². The van der Waals surface area contributed by atoms with Gasteiger partial charge in [0.1, 0.15) is 0 Å². The minimum atomic E-state index is -1.07. The van der Waals surface area contributed by atoms with Gasteiger partial charge in [0.2, 0.25) is 0 Å². The van der Waals surface area contributed by atoms with E-state index < -0.39 is 5.97 Å². The van der Waals surface area contributed by atoms with Crippen LogP contribution >= 0.6 is 11.6 Å². The maximum atomic E-state index is 10.9. The Hall–Kier alpha value is -1.62. The molecule has 2 heterocycles. The molecule has 2 aromatic rings. The molecule has 1 aliphatic rings. The van der Waals surface area contributed by atoms with Crippen LogP contribution in [0, 0.1) is 0 Å². The van der Waals surface area contributed by atoms with Crippen molar-refractivity contribution in [3.05, 3.63) is 23.0 Å². The Morgan fingerprint density at radius 3 is 2.88 bits per heavy atom. The lowest BCUT2D eigenvalue weighted by Crippen LogP contribution is -2.01. The van der Waals surface area contributed by atoms with Crippen LogP contribution in [0.1, 0.15) is 29.2 Å². The summed E-state index contributed by atoms with van der Waals surface area (Å²) in [5.41, 5.74) is 0.682. The molecule has 0 unspecified atom stereocenters. The van der Waals surface area contributed by atoms with E-state index in [1.54, 1.807) is 6.20 Å². The van der Waals surface area contributed by atoms with Crippen molar-refractivity contribution in [3.63, 3.8) is 0 Å². The fraction of sp³-hybridized carbons (Fsp3) is 0.300. The number of rotatable bonds is 2. The third kappa shape index (κ3) is 1.28. The summed E-state index contributed by atoms with van der Waals surface area (Å²) in [5.74, 6) is -1.07. The van der Waals surface area contributed by atoms with Crippen molar-refractivity contribution < 1.29 is 9.90 Å². The second kappa shape index (κ2) is 3.18.